The lowest BCUT2D eigenvalue weighted by molar-refractivity contribution is -0.253. The molecule has 1 atom stereocenters. The van der Waals surface area contributed by atoms with Crippen molar-refractivity contribution in [2.45, 2.75) is 102 Å². The van der Waals surface area contributed by atoms with Crippen LogP contribution in [0.15, 0.2) is 59.4 Å². The number of Topliss-reactive ketones (excluding diaryl/α,β-unsaturated/α-hetero) is 2. The van der Waals surface area contributed by atoms with Crippen LogP contribution in [-0.2, 0) is 49.5 Å². The maximum Gasteiger partial charge on any atom is 0.471 e. The molecule has 338 valence electrons. The molecule has 2 aromatic carbocycles. The van der Waals surface area contributed by atoms with Crippen LogP contribution in [0, 0.1) is 0 Å². The van der Waals surface area contributed by atoms with Crippen LogP contribution in [0.5, 0.6) is 0 Å². The molecule has 0 radical (unpaired) electrons. The number of nitrogens with two attached hydrogens (primary N) is 1. The minimum atomic E-state index is -5.27. The first-order valence-corrected chi connectivity index (χ1v) is 20.5. The Kier molecular flexibility index (Phi) is 16.4. The van der Waals surface area contributed by atoms with Gasteiger partial charge in [0.2, 0.25) is 5.95 Å². The SMILES string of the molecule is COC(=O)[C@H](CCC(=O)CCCOC1(OCCCC(=O)CCN2C(=O)C=CC2=O)CCCCC1)NC(=O)c1ccc(N(Cc2ccc3nc(N)[nH]c(=O)c3c2)C(=O)C(F)(F)F)cc1. The van der Waals surface area contributed by atoms with Crippen LogP contribution in [0.25, 0.3) is 10.9 Å². The number of hydrogen-bond donors (Lipinski definition) is 3. The Morgan fingerprint density at radius 2 is 1.51 bits per heavy atom. The maximum atomic E-state index is 13.7. The number of halogens is 3. The lowest BCUT2D eigenvalue weighted by Gasteiger charge is -2.37. The zero-order valence-electron chi connectivity index (χ0n) is 34.6. The largest absolute Gasteiger partial charge is 0.471 e. The van der Waals surface area contributed by atoms with Crippen LogP contribution in [0.3, 0.4) is 0 Å². The zero-order valence-corrected chi connectivity index (χ0v) is 34.6. The van der Waals surface area contributed by atoms with Gasteiger partial charge in [-0.2, -0.15) is 13.2 Å². The van der Waals surface area contributed by atoms with Gasteiger partial charge in [0.1, 0.15) is 17.6 Å². The first-order chi connectivity index (χ1) is 30.0. The van der Waals surface area contributed by atoms with Crippen molar-refractivity contribution in [1.82, 2.24) is 20.2 Å². The fourth-order valence-electron chi connectivity index (χ4n) is 7.26. The van der Waals surface area contributed by atoms with Crippen molar-refractivity contribution in [2.24, 2.45) is 0 Å². The van der Waals surface area contributed by atoms with Crippen LogP contribution in [0.1, 0.15) is 93.0 Å². The van der Waals surface area contributed by atoms with Gasteiger partial charge < -0.3 is 30.2 Å². The van der Waals surface area contributed by atoms with Gasteiger partial charge in [0.15, 0.2) is 5.79 Å². The summed E-state index contributed by atoms with van der Waals surface area (Å²) in [6.07, 6.45) is 2.15. The van der Waals surface area contributed by atoms with E-state index in [-0.39, 0.29) is 97.1 Å². The van der Waals surface area contributed by atoms with Gasteiger partial charge in [-0.05, 0) is 74.1 Å². The van der Waals surface area contributed by atoms with Gasteiger partial charge in [-0.1, -0.05) is 12.5 Å². The number of anilines is 2. The van der Waals surface area contributed by atoms with Crippen molar-refractivity contribution in [3.63, 3.8) is 0 Å². The third-order valence-electron chi connectivity index (χ3n) is 10.6. The van der Waals surface area contributed by atoms with E-state index in [1.807, 2.05) is 0 Å². The number of aromatic amines is 1. The molecule has 1 aliphatic heterocycles. The van der Waals surface area contributed by atoms with Gasteiger partial charge >= 0.3 is 18.1 Å². The maximum absolute atomic E-state index is 13.7. The number of nitrogen functional groups attached to an aromatic ring is 1. The van der Waals surface area contributed by atoms with Crippen LogP contribution in [0.4, 0.5) is 24.8 Å². The summed E-state index contributed by atoms with van der Waals surface area (Å²) >= 11 is 0. The molecule has 3 aromatic rings. The summed E-state index contributed by atoms with van der Waals surface area (Å²) in [7, 11) is 1.11. The molecule has 0 spiro atoms. The molecular formula is C43H49F3N6O11. The Hall–Kier alpha value is -6.28. The van der Waals surface area contributed by atoms with Crippen LogP contribution in [-0.4, -0.2) is 101 Å². The number of H-pyrrole nitrogens is 1. The number of ether oxygens (including phenoxy) is 3. The van der Waals surface area contributed by atoms with Crippen molar-refractivity contribution < 1.29 is 60.9 Å². The van der Waals surface area contributed by atoms with Crippen molar-refractivity contribution in [1.29, 1.82) is 0 Å². The topological polar surface area (TPSA) is 237 Å². The fourth-order valence-corrected chi connectivity index (χ4v) is 7.26. The molecule has 2 heterocycles. The highest BCUT2D eigenvalue weighted by atomic mass is 19.4. The third-order valence-corrected chi connectivity index (χ3v) is 10.6. The third kappa shape index (κ3) is 13.4. The van der Waals surface area contributed by atoms with Crippen LogP contribution < -0.4 is 21.5 Å². The van der Waals surface area contributed by atoms with E-state index in [2.05, 4.69) is 15.3 Å². The lowest BCUT2D eigenvalue weighted by Crippen LogP contribution is -2.42. The number of hydrogen-bond acceptors (Lipinski definition) is 13. The molecule has 5 rings (SSSR count). The number of nitrogens with zero attached hydrogens (tertiary/aromatic N) is 3. The fraction of sp³-hybridized carbons (Fsp3) is 0.465. The number of amides is 4. The highest BCUT2D eigenvalue weighted by Gasteiger charge is 2.43. The van der Waals surface area contributed by atoms with E-state index in [1.54, 1.807) is 0 Å². The Morgan fingerprint density at radius 1 is 0.889 bits per heavy atom. The molecule has 0 saturated heterocycles. The monoisotopic (exact) mass is 882 g/mol. The standard InChI is InChI=1S/C43H49F3N6O11/c1-61-39(59)34(16-14-30(53)7-5-23-62-42(20-3-2-4-21-42)63-24-6-8-31(54)19-22-51-35(55)17-18-36(51)56)48-37(57)28-10-12-29(13-11-28)52(40(60)43(44,45)46)26-27-9-15-33-32(25-27)38(58)50-41(47)49-33/h9-13,15,17-18,25,34H,2-8,14,16,19-24,26H2,1H3,(H,48,57)(H3,47,49,50,58)/t34-/m0/s1. The minimum absolute atomic E-state index is 0.0319. The van der Waals surface area contributed by atoms with Crippen molar-refractivity contribution in [2.75, 3.05) is 37.5 Å². The number of alkyl halides is 3. The average molecular weight is 883 g/mol. The van der Waals surface area contributed by atoms with Crippen molar-refractivity contribution in [3.8, 4) is 0 Å². The summed E-state index contributed by atoms with van der Waals surface area (Å²) in [5, 5.41) is 2.55. The molecule has 4 N–H and O–H groups in total. The molecule has 1 fully saturated rings. The predicted molar refractivity (Wildman–Crippen MR) is 220 cm³/mol. The summed E-state index contributed by atoms with van der Waals surface area (Å²) in [5.41, 5.74) is 5.04. The molecule has 1 saturated carbocycles. The second-order valence-corrected chi connectivity index (χ2v) is 15.2. The summed E-state index contributed by atoms with van der Waals surface area (Å²) in [6.45, 7) is -0.0861. The van der Waals surface area contributed by atoms with Crippen LogP contribution >= 0.6 is 0 Å². The van der Waals surface area contributed by atoms with Gasteiger partial charge in [0.05, 0.1) is 37.8 Å². The number of carbonyl (C=O) groups is 7. The number of carbonyl (C=O) groups excluding carboxylic acids is 7. The zero-order chi connectivity index (χ0) is 45.7. The molecule has 2 aliphatic rings. The van der Waals surface area contributed by atoms with Gasteiger partial charge in [0.25, 0.3) is 23.3 Å². The molecule has 1 aromatic heterocycles. The molecule has 4 amide bonds. The quantitative estimate of drug-likeness (QED) is 0.0551. The summed E-state index contributed by atoms with van der Waals surface area (Å²) in [5.74, 6) is -5.97. The number of nitrogens with one attached hydrogen (secondary N) is 2. The summed E-state index contributed by atoms with van der Waals surface area (Å²) in [6, 6.07) is 7.43. The van der Waals surface area contributed by atoms with E-state index in [0.717, 1.165) is 43.4 Å². The summed E-state index contributed by atoms with van der Waals surface area (Å²) < 4.78 is 58.3. The number of fused-ring (bicyclic) bond motifs is 1. The number of methoxy groups -OCH3 is 1. The highest BCUT2D eigenvalue weighted by Crippen LogP contribution is 2.33. The number of esters is 1. The smallest absolute Gasteiger partial charge is 0.467 e. The number of ketones is 2. The van der Waals surface area contributed by atoms with Gasteiger partial charge in [-0.15, -0.1) is 0 Å². The number of aromatic nitrogens is 2. The molecule has 17 nitrogen and oxygen atoms in total. The number of benzene rings is 2. The second kappa shape index (κ2) is 21.7. The van der Waals surface area contributed by atoms with E-state index in [9.17, 15) is 51.5 Å². The molecule has 20 heteroatoms. The van der Waals surface area contributed by atoms with E-state index in [1.165, 1.54) is 42.5 Å². The molecule has 0 unspecified atom stereocenters. The Balaban J connectivity index is 1.09. The Morgan fingerprint density at radius 3 is 2.11 bits per heavy atom. The lowest BCUT2D eigenvalue weighted by atomic mass is 9.94. The average Bonchev–Trinajstić information content (AvgIpc) is 3.58. The normalized spacial score (nSPS) is 15.3. The Labute approximate surface area is 359 Å². The van der Waals surface area contributed by atoms with Crippen molar-refractivity contribution in [3.05, 3.63) is 76.1 Å². The first-order valence-electron chi connectivity index (χ1n) is 20.5. The Bertz CT molecular complexity index is 2250. The van der Waals surface area contributed by atoms with Gasteiger partial charge in [0, 0.05) is 68.5 Å². The van der Waals surface area contributed by atoms with Gasteiger partial charge in [-0.3, -0.25) is 43.4 Å². The molecular weight excluding hydrogens is 833 g/mol. The highest BCUT2D eigenvalue weighted by molar-refractivity contribution is 6.13. The van der Waals surface area contributed by atoms with E-state index in [4.69, 9.17) is 19.9 Å². The molecule has 0 bridgehead atoms. The predicted octanol–water partition coefficient (Wildman–Crippen LogP) is 4.36. The first kappa shape index (κ1) is 47.8. The van der Waals surface area contributed by atoms with E-state index in [0.29, 0.717) is 30.6 Å². The summed E-state index contributed by atoms with van der Waals surface area (Å²) in [4.78, 5) is 107. The second-order valence-electron chi connectivity index (χ2n) is 15.2. The van der Waals surface area contributed by atoms with Crippen molar-refractivity contribution >= 4 is 63.7 Å². The van der Waals surface area contributed by atoms with Gasteiger partial charge in [-0.25, -0.2) is 9.78 Å². The van der Waals surface area contributed by atoms with E-state index < -0.39 is 59.7 Å². The minimum Gasteiger partial charge on any atom is -0.467 e. The van der Waals surface area contributed by atoms with Crippen LogP contribution in [0.2, 0.25) is 0 Å². The number of imide groups is 1. The number of rotatable bonds is 22. The molecule has 63 heavy (non-hydrogen) atoms. The molecule has 1 aliphatic carbocycles. The van der Waals surface area contributed by atoms with E-state index >= 15 is 0 Å².